The second kappa shape index (κ2) is 68.3. The number of hydrogen-bond donors (Lipinski definition) is 5. The van der Waals surface area contributed by atoms with Gasteiger partial charge in [-0.3, -0.25) is 114 Å². The number of nitrogens with zero attached hydrogens (tertiary/aromatic N) is 18. The zero-order chi connectivity index (χ0) is 101. The number of aromatic nitrogens is 18. The number of carbonyl (C=O) groups is 5. The van der Waals surface area contributed by atoms with Gasteiger partial charge in [0.2, 0.25) is 0 Å². The van der Waals surface area contributed by atoms with Crippen molar-refractivity contribution in [3.63, 3.8) is 0 Å². The first kappa shape index (κ1) is 116. The molecule has 0 spiro atoms. The van der Waals surface area contributed by atoms with Crippen molar-refractivity contribution in [1.82, 2.24) is 116 Å². The molecule has 147 heavy (non-hydrogen) atoms. The van der Waals surface area contributed by atoms with Gasteiger partial charge in [0.25, 0.3) is 23.6 Å². The van der Waals surface area contributed by atoms with Crippen LogP contribution in [0.25, 0.3) is 108 Å². The normalized spacial score (nSPS) is 9.58. The van der Waals surface area contributed by atoms with Gasteiger partial charge in [-0.25, -0.2) is 0 Å². The molecule has 18 aromatic rings. The van der Waals surface area contributed by atoms with Crippen molar-refractivity contribution in [2.24, 2.45) is 0 Å². The fraction of sp³-hybridized carbons (Fsp3) is 0.0603. The summed E-state index contributed by atoms with van der Waals surface area (Å²) in [4.78, 5) is 135. The number of pyridine rings is 18. The maximum atomic E-state index is 12.0. The summed E-state index contributed by atoms with van der Waals surface area (Å²) in [6.45, 7) is 27.8. The number of nitrogens with one attached hydrogen (secondary N) is 5. The molecule has 0 aliphatic heterocycles. The number of amides is 4. The Morgan fingerprint density at radius 1 is 0.190 bits per heavy atom. The van der Waals surface area contributed by atoms with Gasteiger partial charge in [-0.15, -0.1) is 39.5 Å². The quantitative estimate of drug-likeness (QED) is 0.0165. The predicted molar refractivity (Wildman–Crippen MR) is 568 cm³/mol. The first-order valence-electron chi connectivity index (χ1n) is 45.2. The molecule has 0 fully saturated rings. The number of hydrogen-bond acceptors (Lipinski definition) is 24. The van der Waals surface area contributed by atoms with Gasteiger partial charge < -0.3 is 26.6 Å². The maximum absolute atomic E-state index is 12.0. The van der Waals surface area contributed by atoms with Crippen molar-refractivity contribution < 1.29 is 82.4 Å². The van der Waals surface area contributed by atoms with Crippen molar-refractivity contribution in [3.8, 4) is 102 Å². The van der Waals surface area contributed by atoms with E-state index in [1.165, 1.54) is 12.4 Å². The van der Waals surface area contributed by atoms with Crippen LogP contribution in [0, 0.1) is 0 Å². The standard InChI is InChI=1S/C18H18N4O2.C15H15N3.C15H14N2O.2C14H13N3O.4C10H8N2.3Ru/c1-3-7-21-17(23)13-5-9-19-15(11-13)16-12-14(6-10-20-16)18(24)22-8-4-2;1-3-8-16-12(2)13-7-10-18-15(11-13)14-6-4-5-9-17-14;1-2-3-7-15(18)12-8-10-17-14(11-12)13-6-4-5-9-16-13;2*1-2-7-17-14(18)11-6-9-16-13(10-11)12-5-3-4-8-15-12;4*1-3-7-11-9(5-1)10-6-2-4-8-12-10;;;/h3-6,9-12H,1-2,7-8H2,(H,21,23)(H,22,24);3-7,9-11,16H,1-2,8H2;2,4-6,8-11H,1,3,7H2;2*2-6,8-10H,1,7H2,(H,17,18);4*1-8H;;;. The molecule has 4 amide bonds. The Morgan fingerprint density at radius 2 is 0.347 bits per heavy atom. The molecular formula is C116H105N23O5Ru3. The van der Waals surface area contributed by atoms with Crippen LogP contribution in [0.15, 0.2) is 485 Å². The van der Waals surface area contributed by atoms with Gasteiger partial charge in [-0.05, 0) is 225 Å². The molecule has 18 rings (SSSR count). The summed E-state index contributed by atoms with van der Waals surface area (Å²) in [5.41, 5.74) is 19.0. The Hall–Kier alpha value is -17.9. The van der Waals surface area contributed by atoms with Crippen LogP contribution in [0.5, 0.6) is 0 Å². The second-order valence-corrected chi connectivity index (χ2v) is 29.6. The summed E-state index contributed by atoms with van der Waals surface area (Å²) in [6.07, 6.45) is 41.9. The SMILES string of the molecule is C=CCCC(=O)c1ccnc(-c2ccccn2)c1.C=CCNC(=C)c1ccnc(-c2ccccn2)c1.C=CCNC(=O)c1ccnc(-c2cc(C(=O)NCC=C)ccn2)c1.C=CCNC(=O)c1ccnc(-c2ccccn2)c1.C=CCNC(=O)c1ccnc(-c2ccccn2)c1.[Ru].[Ru].[Ru].c1ccc(-c2ccccn2)nc1.c1ccc(-c2ccccn2)nc1.c1ccc(-c2ccccn2)nc1.c1ccc(-c2ccccn2)nc1. The molecule has 0 saturated heterocycles. The first-order valence-corrected chi connectivity index (χ1v) is 45.2. The first-order chi connectivity index (χ1) is 70.8. The average Bonchev–Trinajstić information content (AvgIpc) is 0.835. The monoisotopic (exact) mass is 2210 g/mol. The van der Waals surface area contributed by atoms with Gasteiger partial charge in [0.15, 0.2) is 5.78 Å². The topological polar surface area (TPSA) is 378 Å². The van der Waals surface area contributed by atoms with Crippen LogP contribution in [-0.2, 0) is 58.4 Å². The molecule has 18 aromatic heterocycles. The van der Waals surface area contributed by atoms with Gasteiger partial charge in [0.05, 0.1) is 102 Å². The van der Waals surface area contributed by atoms with E-state index < -0.39 is 0 Å². The Balaban J connectivity index is 0.000000225. The molecule has 28 nitrogen and oxygen atoms in total. The van der Waals surface area contributed by atoms with Crippen molar-refractivity contribution in [1.29, 1.82) is 0 Å². The number of carbonyl (C=O) groups excluding carboxylic acids is 5. The van der Waals surface area contributed by atoms with Gasteiger partial charge in [0, 0.05) is 248 Å². The molecule has 0 aliphatic rings. The summed E-state index contributed by atoms with van der Waals surface area (Å²) >= 11 is 0. The molecule has 5 N–H and O–H groups in total. The number of ketones is 1. The molecule has 0 bridgehead atoms. The number of rotatable bonds is 29. The maximum Gasteiger partial charge on any atom is 0.251 e. The molecule has 0 radical (unpaired) electrons. The Morgan fingerprint density at radius 3 is 0.531 bits per heavy atom. The minimum Gasteiger partial charge on any atom is -0.382 e. The average molecular weight is 2200 g/mol. The molecule has 0 atom stereocenters. The van der Waals surface area contributed by atoms with Gasteiger partial charge in [-0.2, -0.15) is 0 Å². The molecular weight excluding hydrogens is 2100 g/mol. The fourth-order valence-corrected chi connectivity index (χ4v) is 12.3. The largest absolute Gasteiger partial charge is 0.382 e. The van der Waals surface area contributed by atoms with E-state index in [1.54, 1.807) is 196 Å². The zero-order valence-corrected chi connectivity index (χ0v) is 85.3. The number of allylic oxidation sites excluding steroid dienone is 1. The summed E-state index contributed by atoms with van der Waals surface area (Å²) in [5.74, 6) is -0.629. The van der Waals surface area contributed by atoms with E-state index in [2.05, 4.69) is 162 Å². The van der Waals surface area contributed by atoms with E-state index in [9.17, 15) is 24.0 Å². The van der Waals surface area contributed by atoms with Crippen molar-refractivity contribution in [2.75, 3.05) is 32.7 Å². The van der Waals surface area contributed by atoms with Crippen LogP contribution in [0.4, 0.5) is 0 Å². The van der Waals surface area contributed by atoms with Crippen molar-refractivity contribution >= 4 is 35.1 Å². The van der Waals surface area contributed by atoms with Crippen LogP contribution in [0.2, 0.25) is 0 Å². The van der Waals surface area contributed by atoms with Crippen LogP contribution in [0.3, 0.4) is 0 Å². The third-order valence-electron chi connectivity index (χ3n) is 19.3. The van der Waals surface area contributed by atoms with E-state index in [1.807, 2.05) is 231 Å². The van der Waals surface area contributed by atoms with Gasteiger partial charge >= 0.3 is 0 Å². The molecule has 0 unspecified atom stereocenters. The van der Waals surface area contributed by atoms with Gasteiger partial charge in [-0.1, -0.05) is 116 Å². The van der Waals surface area contributed by atoms with Gasteiger partial charge in [0.1, 0.15) is 0 Å². The molecule has 0 aliphatic carbocycles. The number of Topliss-reactive ketones (excluding diaryl/α,β-unsaturated/α-hetero) is 1. The second-order valence-electron chi connectivity index (χ2n) is 29.6. The van der Waals surface area contributed by atoms with Crippen LogP contribution in [-0.4, -0.2) is 152 Å². The van der Waals surface area contributed by atoms with Crippen molar-refractivity contribution in [2.45, 2.75) is 12.8 Å². The summed E-state index contributed by atoms with van der Waals surface area (Å²) in [5, 5.41) is 14.0. The molecule has 0 aromatic carbocycles. The molecule has 18 heterocycles. The summed E-state index contributed by atoms with van der Waals surface area (Å²) in [6, 6.07) is 89.6. The molecule has 738 valence electrons. The third kappa shape index (κ3) is 41.3. The fourth-order valence-electron chi connectivity index (χ4n) is 12.3. The summed E-state index contributed by atoms with van der Waals surface area (Å²) in [7, 11) is 0. The third-order valence-corrected chi connectivity index (χ3v) is 19.3. The Labute approximate surface area is 893 Å². The minimum atomic E-state index is -0.224. The molecule has 31 heteroatoms. The van der Waals surface area contributed by atoms with E-state index in [4.69, 9.17) is 0 Å². The van der Waals surface area contributed by atoms with E-state index in [0.717, 1.165) is 91.0 Å². The zero-order valence-electron chi connectivity index (χ0n) is 80.1. The Bertz CT molecular complexity index is 6090. The predicted octanol–water partition coefficient (Wildman–Crippen LogP) is 20.8. The van der Waals surface area contributed by atoms with Crippen LogP contribution >= 0.6 is 0 Å². The smallest absolute Gasteiger partial charge is 0.251 e. The van der Waals surface area contributed by atoms with E-state index in [0.29, 0.717) is 96.2 Å². The van der Waals surface area contributed by atoms with Crippen LogP contribution < -0.4 is 26.6 Å². The van der Waals surface area contributed by atoms with E-state index >= 15 is 0 Å². The molecule has 0 saturated carbocycles. The minimum absolute atomic E-state index is 0. The van der Waals surface area contributed by atoms with Crippen molar-refractivity contribution in [3.05, 3.63) is 519 Å². The summed E-state index contributed by atoms with van der Waals surface area (Å²) < 4.78 is 0. The Kier molecular flexibility index (Phi) is 53.9. The van der Waals surface area contributed by atoms with Crippen LogP contribution in [0.1, 0.15) is 70.2 Å². The van der Waals surface area contributed by atoms with E-state index in [-0.39, 0.29) is 87.8 Å².